The summed E-state index contributed by atoms with van der Waals surface area (Å²) in [5.41, 5.74) is 1.45. The van der Waals surface area contributed by atoms with E-state index in [1.165, 1.54) is 10.4 Å². The summed E-state index contributed by atoms with van der Waals surface area (Å²) in [6.07, 6.45) is 0. The molecule has 3 heteroatoms. The molecule has 1 aromatic rings. The summed E-state index contributed by atoms with van der Waals surface area (Å²) in [4.78, 5) is 3.86. The largest absolute Gasteiger partial charge is 0.379 e. The van der Waals surface area contributed by atoms with Gasteiger partial charge in [0.2, 0.25) is 0 Å². The number of morpholine rings is 1. The minimum absolute atomic E-state index is 0.892. The lowest BCUT2D eigenvalue weighted by atomic mass is 10.3. The first-order chi connectivity index (χ1) is 6.34. The maximum absolute atomic E-state index is 5.30. The number of hydrogen-bond donors (Lipinski definition) is 0. The van der Waals surface area contributed by atoms with Gasteiger partial charge in [0.05, 0.1) is 13.2 Å². The molecule has 13 heavy (non-hydrogen) atoms. The molecule has 0 spiro atoms. The predicted molar refractivity (Wildman–Crippen MR) is 55.2 cm³/mol. The molecule has 0 radical (unpaired) electrons. The predicted octanol–water partition coefficient (Wildman–Crippen LogP) is 1.89. The molecule has 1 aliphatic rings. The first-order valence-electron chi connectivity index (χ1n) is 4.69. The van der Waals surface area contributed by atoms with Crippen molar-refractivity contribution < 1.29 is 4.74 Å². The van der Waals surface area contributed by atoms with Crippen LogP contribution < -0.4 is 0 Å². The molecule has 1 aromatic heterocycles. The van der Waals surface area contributed by atoms with E-state index in [-0.39, 0.29) is 0 Å². The summed E-state index contributed by atoms with van der Waals surface area (Å²) in [5.74, 6) is 0. The second-order valence-corrected chi connectivity index (χ2v) is 4.57. The van der Waals surface area contributed by atoms with Crippen molar-refractivity contribution in [3.8, 4) is 0 Å². The number of nitrogens with zero attached hydrogens (tertiary/aromatic N) is 1. The average molecular weight is 197 g/mol. The van der Waals surface area contributed by atoms with Gasteiger partial charge >= 0.3 is 0 Å². The van der Waals surface area contributed by atoms with Crippen LogP contribution in [0.25, 0.3) is 0 Å². The zero-order valence-electron chi connectivity index (χ0n) is 7.95. The zero-order chi connectivity index (χ0) is 9.10. The Morgan fingerprint density at radius 1 is 1.46 bits per heavy atom. The van der Waals surface area contributed by atoms with E-state index in [2.05, 4.69) is 23.3 Å². The quantitative estimate of drug-likeness (QED) is 0.718. The highest BCUT2D eigenvalue weighted by Crippen LogP contribution is 2.15. The molecule has 0 unspecified atom stereocenters. The van der Waals surface area contributed by atoms with Gasteiger partial charge in [0.25, 0.3) is 0 Å². The van der Waals surface area contributed by atoms with Gasteiger partial charge in [-0.2, -0.15) is 0 Å². The SMILES string of the molecule is Cc1cc(CN2CCOCC2)cs1. The van der Waals surface area contributed by atoms with Crippen LogP contribution >= 0.6 is 11.3 Å². The molecular formula is C10H15NOS. The Morgan fingerprint density at radius 2 is 2.23 bits per heavy atom. The van der Waals surface area contributed by atoms with Crippen LogP contribution in [0.5, 0.6) is 0 Å². The van der Waals surface area contributed by atoms with Gasteiger partial charge < -0.3 is 4.74 Å². The van der Waals surface area contributed by atoms with E-state index in [4.69, 9.17) is 4.74 Å². The van der Waals surface area contributed by atoms with E-state index >= 15 is 0 Å². The van der Waals surface area contributed by atoms with Gasteiger partial charge in [-0.3, -0.25) is 4.90 Å². The Kier molecular flexibility index (Phi) is 2.98. The lowest BCUT2D eigenvalue weighted by Gasteiger charge is -2.26. The van der Waals surface area contributed by atoms with E-state index < -0.39 is 0 Å². The summed E-state index contributed by atoms with van der Waals surface area (Å²) < 4.78 is 5.30. The highest BCUT2D eigenvalue weighted by molar-refractivity contribution is 7.10. The third-order valence-electron chi connectivity index (χ3n) is 2.29. The monoisotopic (exact) mass is 197 g/mol. The molecule has 0 amide bonds. The standard InChI is InChI=1S/C10H15NOS/c1-9-6-10(8-13-9)7-11-2-4-12-5-3-11/h6,8H,2-5,7H2,1H3. The Morgan fingerprint density at radius 3 is 2.85 bits per heavy atom. The summed E-state index contributed by atoms with van der Waals surface area (Å²) in [5, 5.41) is 2.25. The Balaban J connectivity index is 1.89. The fraction of sp³-hybridized carbons (Fsp3) is 0.600. The zero-order valence-corrected chi connectivity index (χ0v) is 8.77. The van der Waals surface area contributed by atoms with Crippen molar-refractivity contribution in [3.05, 3.63) is 21.9 Å². The van der Waals surface area contributed by atoms with Gasteiger partial charge in [0.15, 0.2) is 0 Å². The van der Waals surface area contributed by atoms with Crippen LogP contribution in [0.2, 0.25) is 0 Å². The number of rotatable bonds is 2. The van der Waals surface area contributed by atoms with Crippen molar-refractivity contribution in [1.82, 2.24) is 4.90 Å². The van der Waals surface area contributed by atoms with E-state index in [1.807, 2.05) is 11.3 Å². The molecule has 2 rings (SSSR count). The Hall–Kier alpha value is -0.380. The van der Waals surface area contributed by atoms with Gasteiger partial charge in [0.1, 0.15) is 0 Å². The maximum Gasteiger partial charge on any atom is 0.0594 e. The second kappa shape index (κ2) is 4.22. The molecule has 1 saturated heterocycles. The molecule has 2 nitrogen and oxygen atoms in total. The molecular weight excluding hydrogens is 182 g/mol. The third kappa shape index (κ3) is 2.53. The summed E-state index contributed by atoms with van der Waals surface area (Å²) in [7, 11) is 0. The van der Waals surface area contributed by atoms with Crippen LogP contribution in [0.15, 0.2) is 11.4 Å². The minimum atomic E-state index is 0.892. The molecule has 0 N–H and O–H groups in total. The number of hydrogen-bond acceptors (Lipinski definition) is 3. The van der Waals surface area contributed by atoms with Crippen LogP contribution in [-0.4, -0.2) is 31.2 Å². The van der Waals surface area contributed by atoms with Gasteiger partial charge in [-0.15, -0.1) is 11.3 Å². The first-order valence-corrected chi connectivity index (χ1v) is 5.57. The molecule has 0 saturated carbocycles. The summed E-state index contributed by atoms with van der Waals surface area (Å²) in [6, 6.07) is 2.28. The van der Waals surface area contributed by atoms with Crippen LogP contribution in [0.1, 0.15) is 10.4 Å². The fourth-order valence-corrected chi connectivity index (χ4v) is 2.30. The molecule has 0 aliphatic carbocycles. The van der Waals surface area contributed by atoms with E-state index in [0.29, 0.717) is 0 Å². The van der Waals surface area contributed by atoms with Gasteiger partial charge in [-0.25, -0.2) is 0 Å². The highest BCUT2D eigenvalue weighted by Gasteiger charge is 2.10. The molecule has 0 atom stereocenters. The third-order valence-corrected chi connectivity index (χ3v) is 3.20. The molecule has 1 aliphatic heterocycles. The molecule has 72 valence electrons. The number of aryl methyl sites for hydroxylation is 1. The lowest BCUT2D eigenvalue weighted by molar-refractivity contribution is 0.0342. The molecule has 1 fully saturated rings. The van der Waals surface area contributed by atoms with Crippen molar-refractivity contribution >= 4 is 11.3 Å². The van der Waals surface area contributed by atoms with E-state index in [0.717, 1.165) is 32.8 Å². The van der Waals surface area contributed by atoms with Crippen LogP contribution in [0.3, 0.4) is 0 Å². The Labute approximate surface area is 83.1 Å². The normalized spacial score (nSPS) is 19.2. The van der Waals surface area contributed by atoms with Crippen molar-refractivity contribution in [2.24, 2.45) is 0 Å². The van der Waals surface area contributed by atoms with Crippen molar-refractivity contribution in [2.45, 2.75) is 13.5 Å². The fourth-order valence-electron chi connectivity index (χ4n) is 1.60. The van der Waals surface area contributed by atoms with Crippen LogP contribution in [-0.2, 0) is 11.3 Å². The minimum Gasteiger partial charge on any atom is -0.379 e. The van der Waals surface area contributed by atoms with Crippen LogP contribution in [0.4, 0.5) is 0 Å². The van der Waals surface area contributed by atoms with Gasteiger partial charge in [-0.1, -0.05) is 0 Å². The summed E-state index contributed by atoms with van der Waals surface area (Å²) >= 11 is 1.84. The maximum atomic E-state index is 5.30. The second-order valence-electron chi connectivity index (χ2n) is 3.45. The Bertz CT molecular complexity index is 266. The summed E-state index contributed by atoms with van der Waals surface area (Å²) in [6.45, 7) is 7.19. The lowest BCUT2D eigenvalue weighted by Crippen LogP contribution is -2.35. The number of ether oxygens (including phenoxy) is 1. The van der Waals surface area contributed by atoms with E-state index in [1.54, 1.807) is 0 Å². The topological polar surface area (TPSA) is 12.5 Å². The van der Waals surface area contributed by atoms with E-state index in [9.17, 15) is 0 Å². The molecule has 0 bridgehead atoms. The average Bonchev–Trinajstić information content (AvgIpc) is 2.53. The first kappa shape index (κ1) is 9.19. The smallest absolute Gasteiger partial charge is 0.0594 e. The van der Waals surface area contributed by atoms with Crippen molar-refractivity contribution in [1.29, 1.82) is 0 Å². The van der Waals surface area contributed by atoms with Crippen molar-refractivity contribution in [3.63, 3.8) is 0 Å². The molecule has 0 aromatic carbocycles. The van der Waals surface area contributed by atoms with Gasteiger partial charge in [0, 0.05) is 24.5 Å². The van der Waals surface area contributed by atoms with Gasteiger partial charge in [-0.05, 0) is 23.9 Å². The van der Waals surface area contributed by atoms with Crippen molar-refractivity contribution in [2.75, 3.05) is 26.3 Å². The molecule has 2 heterocycles. The van der Waals surface area contributed by atoms with Crippen LogP contribution in [0, 0.1) is 6.92 Å². The number of thiophene rings is 1. The highest BCUT2D eigenvalue weighted by atomic mass is 32.1.